The van der Waals surface area contributed by atoms with Gasteiger partial charge in [0.05, 0.1) is 5.56 Å². The highest BCUT2D eigenvalue weighted by Gasteiger charge is 2.32. The monoisotopic (exact) mass is 345 g/mol. The van der Waals surface area contributed by atoms with E-state index in [1.165, 1.54) is 4.90 Å². The van der Waals surface area contributed by atoms with E-state index in [9.17, 15) is 27.6 Å². The number of piperidine rings is 1. The summed E-state index contributed by atoms with van der Waals surface area (Å²) in [5.41, 5.74) is -2.63. The fourth-order valence-corrected chi connectivity index (χ4v) is 2.64. The van der Waals surface area contributed by atoms with Gasteiger partial charge in [0.2, 0.25) is 0 Å². The number of carbonyl (C=O) groups is 2. The molecular formula is C15H18F3N3O3. The summed E-state index contributed by atoms with van der Waals surface area (Å²) in [6, 6.07) is 0.509. The lowest BCUT2D eigenvalue weighted by Gasteiger charge is -2.31. The standard InChI is InChI=1S/C15H18F3N3O3/c1-2-9-4-3-5-21(8-9)14(24)13(23)20-11-6-10(15(16,17)18)7-19-12(11)22/h6-7,9H,2-5,8H2,1H3,(H,19,22)(H,20,23). The first kappa shape index (κ1) is 18.0. The Balaban J connectivity index is 2.11. The molecule has 0 aromatic carbocycles. The third kappa shape index (κ3) is 4.15. The number of alkyl halides is 3. The van der Waals surface area contributed by atoms with Crippen LogP contribution in [0, 0.1) is 5.92 Å². The largest absolute Gasteiger partial charge is 0.417 e. The van der Waals surface area contributed by atoms with Crippen LogP contribution in [0.4, 0.5) is 18.9 Å². The van der Waals surface area contributed by atoms with Crippen LogP contribution in [0.3, 0.4) is 0 Å². The molecule has 6 nitrogen and oxygen atoms in total. The SMILES string of the molecule is CCC1CCCN(C(=O)C(=O)Nc2cc(C(F)(F)F)c[nH]c2=O)C1. The van der Waals surface area contributed by atoms with E-state index < -0.39 is 34.8 Å². The first-order chi connectivity index (χ1) is 11.2. The number of anilines is 1. The van der Waals surface area contributed by atoms with E-state index in [0.29, 0.717) is 31.3 Å². The van der Waals surface area contributed by atoms with Crippen molar-refractivity contribution in [3.8, 4) is 0 Å². The van der Waals surface area contributed by atoms with Crippen LogP contribution in [0.2, 0.25) is 0 Å². The maximum atomic E-state index is 12.7. The molecule has 0 aliphatic carbocycles. The molecule has 9 heteroatoms. The minimum absolute atomic E-state index is 0.299. The molecule has 2 heterocycles. The number of nitrogens with one attached hydrogen (secondary N) is 2. The van der Waals surface area contributed by atoms with Gasteiger partial charge in [-0.05, 0) is 24.8 Å². The van der Waals surface area contributed by atoms with Crippen LogP contribution in [-0.4, -0.2) is 34.8 Å². The molecule has 0 bridgehead atoms. The number of hydrogen-bond donors (Lipinski definition) is 2. The molecule has 1 unspecified atom stereocenters. The maximum absolute atomic E-state index is 12.7. The van der Waals surface area contributed by atoms with Gasteiger partial charge in [-0.15, -0.1) is 0 Å². The Labute approximate surface area is 136 Å². The molecular weight excluding hydrogens is 327 g/mol. The minimum Gasteiger partial charge on any atom is -0.334 e. The van der Waals surface area contributed by atoms with E-state index in [-0.39, 0.29) is 0 Å². The molecule has 0 spiro atoms. The number of amides is 2. The summed E-state index contributed by atoms with van der Waals surface area (Å²) >= 11 is 0. The smallest absolute Gasteiger partial charge is 0.334 e. The molecule has 2 N–H and O–H groups in total. The summed E-state index contributed by atoms with van der Waals surface area (Å²) in [5, 5.41) is 1.98. The first-order valence-corrected chi connectivity index (χ1v) is 7.62. The summed E-state index contributed by atoms with van der Waals surface area (Å²) in [4.78, 5) is 39.0. The van der Waals surface area contributed by atoms with Gasteiger partial charge in [-0.1, -0.05) is 13.3 Å². The number of halogens is 3. The summed E-state index contributed by atoms with van der Waals surface area (Å²) in [5.74, 6) is -1.66. The summed E-state index contributed by atoms with van der Waals surface area (Å²) < 4.78 is 38.0. The average molecular weight is 345 g/mol. The summed E-state index contributed by atoms with van der Waals surface area (Å²) in [7, 11) is 0. The van der Waals surface area contributed by atoms with Crippen molar-refractivity contribution in [3.05, 3.63) is 28.2 Å². The molecule has 1 aliphatic rings. The van der Waals surface area contributed by atoms with Gasteiger partial charge in [0.1, 0.15) is 5.69 Å². The fourth-order valence-electron chi connectivity index (χ4n) is 2.64. The van der Waals surface area contributed by atoms with Gasteiger partial charge in [-0.3, -0.25) is 14.4 Å². The Bertz CT molecular complexity index is 685. The van der Waals surface area contributed by atoms with Gasteiger partial charge >= 0.3 is 18.0 Å². The molecule has 2 amide bonds. The number of nitrogens with zero attached hydrogens (tertiary/aromatic N) is 1. The minimum atomic E-state index is -4.67. The number of carbonyl (C=O) groups excluding carboxylic acids is 2. The Morgan fingerprint density at radius 3 is 2.75 bits per heavy atom. The number of aromatic nitrogens is 1. The lowest BCUT2D eigenvalue weighted by molar-refractivity contribution is -0.144. The Morgan fingerprint density at radius 1 is 1.42 bits per heavy atom. The summed E-state index contributed by atoms with van der Waals surface area (Å²) in [6.07, 6.45) is -1.55. The number of aromatic amines is 1. The molecule has 2 rings (SSSR count). The van der Waals surface area contributed by atoms with Crippen LogP contribution in [0.1, 0.15) is 31.7 Å². The zero-order chi connectivity index (χ0) is 17.9. The van der Waals surface area contributed by atoms with Crippen LogP contribution >= 0.6 is 0 Å². The summed E-state index contributed by atoms with van der Waals surface area (Å²) in [6.45, 7) is 2.84. The van der Waals surface area contributed by atoms with Crippen molar-refractivity contribution in [1.29, 1.82) is 0 Å². The second-order valence-corrected chi connectivity index (χ2v) is 5.75. The molecule has 1 fully saturated rings. The molecule has 1 aliphatic heterocycles. The number of likely N-dealkylation sites (tertiary alicyclic amines) is 1. The van der Waals surface area contributed by atoms with Crippen LogP contribution < -0.4 is 10.9 Å². The topological polar surface area (TPSA) is 82.3 Å². The van der Waals surface area contributed by atoms with Crippen molar-refractivity contribution in [2.45, 2.75) is 32.4 Å². The van der Waals surface area contributed by atoms with Crippen LogP contribution in [-0.2, 0) is 15.8 Å². The van der Waals surface area contributed by atoms with E-state index in [1.54, 1.807) is 0 Å². The predicted octanol–water partition coefficient (Wildman–Crippen LogP) is 1.98. The quantitative estimate of drug-likeness (QED) is 0.804. The van der Waals surface area contributed by atoms with Crippen molar-refractivity contribution >= 4 is 17.5 Å². The van der Waals surface area contributed by atoms with Gasteiger partial charge in [-0.2, -0.15) is 13.2 Å². The highest BCUT2D eigenvalue weighted by Crippen LogP contribution is 2.29. The van der Waals surface area contributed by atoms with E-state index in [2.05, 4.69) is 0 Å². The van der Waals surface area contributed by atoms with E-state index in [0.717, 1.165) is 19.3 Å². The van der Waals surface area contributed by atoms with Crippen LogP contribution in [0.25, 0.3) is 0 Å². The second kappa shape index (κ2) is 7.06. The molecule has 132 valence electrons. The predicted molar refractivity (Wildman–Crippen MR) is 80.3 cm³/mol. The van der Waals surface area contributed by atoms with Crippen molar-refractivity contribution in [3.63, 3.8) is 0 Å². The first-order valence-electron chi connectivity index (χ1n) is 7.62. The van der Waals surface area contributed by atoms with Crippen molar-refractivity contribution < 1.29 is 22.8 Å². The number of rotatable bonds is 2. The molecule has 1 saturated heterocycles. The maximum Gasteiger partial charge on any atom is 0.417 e. The van der Waals surface area contributed by atoms with Crippen molar-refractivity contribution in [2.24, 2.45) is 5.92 Å². The van der Waals surface area contributed by atoms with Crippen molar-refractivity contribution in [1.82, 2.24) is 9.88 Å². The number of hydrogen-bond acceptors (Lipinski definition) is 3. The van der Waals surface area contributed by atoms with E-state index >= 15 is 0 Å². The van der Waals surface area contributed by atoms with Crippen molar-refractivity contribution in [2.75, 3.05) is 18.4 Å². The Morgan fingerprint density at radius 2 is 2.12 bits per heavy atom. The molecule has 24 heavy (non-hydrogen) atoms. The highest BCUT2D eigenvalue weighted by atomic mass is 19.4. The fraction of sp³-hybridized carbons (Fsp3) is 0.533. The Hall–Kier alpha value is -2.32. The molecule has 1 aromatic heterocycles. The third-order valence-corrected chi connectivity index (χ3v) is 4.06. The number of pyridine rings is 1. The zero-order valence-corrected chi connectivity index (χ0v) is 13.1. The van der Waals surface area contributed by atoms with Gasteiger partial charge in [0.25, 0.3) is 5.56 Å². The highest BCUT2D eigenvalue weighted by molar-refractivity contribution is 6.39. The normalized spacial score (nSPS) is 18.3. The third-order valence-electron chi connectivity index (χ3n) is 4.06. The number of H-pyrrole nitrogens is 1. The average Bonchev–Trinajstić information content (AvgIpc) is 2.55. The van der Waals surface area contributed by atoms with Crippen LogP contribution in [0.5, 0.6) is 0 Å². The lowest BCUT2D eigenvalue weighted by atomic mass is 9.95. The van der Waals surface area contributed by atoms with Gasteiger partial charge in [0, 0.05) is 19.3 Å². The molecule has 0 radical (unpaired) electrons. The van der Waals surface area contributed by atoms with E-state index in [1.807, 2.05) is 17.2 Å². The Kier molecular flexibility index (Phi) is 5.30. The van der Waals surface area contributed by atoms with Crippen LogP contribution in [0.15, 0.2) is 17.1 Å². The molecule has 1 atom stereocenters. The van der Waals surface area contributed by atoms with Gasteiger partial charge < -0.3 is 15.2 Å². The molecule has 1 aromatic rings. The second-order valence-electron chi connectivity index (χ2n) is 5.75. The molecule has 0 saturated carbocycles. The van der Waals surface area contributed by atoms with E-state index in [4.69, 9.17) is 0 Å². The van der Waals surface area contributed by atoms with Gasteiger partial charge in [0.15, 0.2) is 0 Å². The lowest BCUT2D eigenvalue weighted by Crippen LogP contribution is -2.45. The zero-order valence-electron chi connectivity index (χ0n) is 13.1. The van der Waals surface area contributed by atoms with Gasteiger partial charge in [-0.25, -0.2) is 0 Å².